The van der Waals surface area contributed by atoms with E-state index in [0.29, 0.717) is 5.56 Å². The highest BCUT2D eigenvalue weighted by molar-refractivity contribution is 6.46. The van der Waals surface area contributed by atoms with Crippen LogP contribution in [-0.2, 0) is 16.1 Å². The van der Waals surface area contributed by atoms with Gasteiger partial charge in [-0.15, -0.1) is 0 Å². The minimum Gasteiger partial charge on any atom is -0.507 e. The molecule has 1 fully saturated rings. The van der Waals surface area contributed by atoms with Gasteiger partial charge >= 0.3 is 0 Å². The lowest BCUT2D eigenvalue weighted by molar-refractivity contribution is -0.140. The first kappa shape index (κ1) is 21.2. The predicted molar refractivity (Wildman–Crippen MR) is 116 cm³/mol. The number of hydrogen-bond donors (Lipinski definition) is 1. The van der Waals surface area contributed by atoms with E-state index in [2.05, 4.69) is 4.98 Å². The molecule has 2 aromatic carbocycles. The standard InChI is InChI=1S/C25H21FN2O4/c1-15-5-7-17(8-6-15)22-21(23(29)18-9-10-20(32-2)19(26)12-18)24(30)25(31)28(22)14-16-4-3-11-27-13-16/h3-13,22,29H,14H2,1-2H3. The van der Waals surface area contributed by atoms with Crippen molar-refractivity contribution in [2.75, 3.05) is 7.11 Å². The molecule has 1 saturated heterocycles. The van der Waals surface area contributed by atoms with Crippen LogP contribution in [0.2, 0.25) is 0 Å². The molecule has 162 valence electrons. The molecule has 1 unspecified atom stereocenters. The maximum absolute atomic E-state index is 14.3. The summed E-state index contributed by atoms with van der Waals surface area (Å²) in [7, 11) is 1.33. The number of rotatable bonds is 5. The zero-order chi connectivity index (χ0) is 22.8. The molecule has 4 rings (SSSR count). The Balaban J connectivity index is 1.86. The zero-order valence-corrected chi connectivity index (χ0v) is 17.6. The van der Waals surface area contributed by atoms with E-state index in [1.807, 2.05) is 31.2 Å². The minimum atomic E-state index is -0.832. The first-order valence-corrected chi connectivity index (χ1v) is 9.98. The monoisotopic (exact) mass is 432 g/mol. The predicted octanol–water partition coefficient (Wildman–Crippen LogP) is 4.16. The van der Waals surface area contributed by atoms with Gasteiger partial charge in [-0.3, -0.25) is 14.6 Å². The Hall–Kier alpha value is -4.00. The number of likely N-dealkylation sites (tertiary alicyclic amines) is 1. The zero-order valence-electron chi connectivity index (χ0n) is 17.6. The van der Waals surface area contributed by atoms with Gasteiger partial charge in [0.25, 0.3) is 11.7 Å². The average molecular weight is 432 g/mol. The van der Waals surface area contributed by atoms with E-state index in [4.69, 9.17) is 4.74 Å². The number of nitrogens with zero attached hydrogens (tertiary/aromatic N) is 2. The van der Waals surface area contributed by atoms with Crippen LogP contribution in [0.3, 0.4) is 0 Å². The second kappa shape index (κ2) is 8.63. The largest absolute Gasteiger partial charge is 0.507 e. The van der Waals surface area contributed by atoms with E-state index in [1.165, 1.54) is 24.1 Å². The van der Waals surface area contributed by atoms with Crippen LogP contribution in [0.15, 0.2) is 72.6 Å². The number of hydrogen-bond acceptors (Lipinski definition) is 5. The smallest absolute Gasteiger partial charge is 0.295 e. The molecule has 0 saturated carbocycles. The van der Waals surface area contributed by atoms with Gasteiger partial charge in [0.15, 0.2) is 11.6 Å². The number of carbonyl (C=O) groups is 2. The molecule has 1 N–H and O–H groups in total. The van der Waals surface area contributed by atoms with Crippen LogP contribution >= 0.6 is 0 Å². The summed E-state index contributed by atoms with van der Waals surface area (Å²) < 4.78 is 19.2. The second-order valence-electron chi connectivity index (χ2n) is 7.55. The number of ether oxygens (including phenoxy) is 1. The summed E-state index contributed by atoms with van der Waals surface area (Å²) in [6.07, 6.45) is 3.23. The number of aliphatic hydroxyl groups is 1. The number of ketones is 1. The quantitative estimate of drug-likeness (QED) is 0.372. The summed E-state index contributed by atoms with van der Waals surface area (Å²) in [5.74, 6) is -2.69. The number of pyridine rings is 1. The molecule has 3 aromatic rings. The SMILES string of the molecule is COc1ccc(C(O)=C2C(=O)C(=O)N(Cc3cccnc3)C2c2ccc(C)cc2)cc1F. The number of amides is 1. The van der Waals surface area contributed by atoms with Crippen LogP contribution in [0.1, 0.15) is 28.3 Å². The van der Waals surface area contributed by atoms with Crippen molar-refractivity contribution in [2.24, 2.45) is 0 Å². The van der Waals surface area contributed by atoms with Gasteiger partial charge < -0.3 is 14.7 Å². The summed E-state index contributed by atoms with van der Waals surface area (Å²) in [5, 5.41) is 11.0. The highest BCUT2D eigenvalue weighted by Gasteiger charge is 2.46. The number of aliphatic hydroxyl groups excluding tert-OH is 1. The molecule has 0 aliphatic carbocycles. The number of halogens is 1. The molecule has 1 aromatic heterocycles. The normalized spacial score (nSPS) is 17.6. The summed E-state index contributed by atoms with van der Waals surface area (Å²) in [5.41, 5.74) is 2.40. The maximum Gasteiger partial charge on any atom is 0.295 e. The van der Waals surface area contributed by atoms with Crippen LogP contribution in [0.4, 0.5) is 4.39 Å². The number of benzene rings is 2. The molecule has 0 spiro atoms. The minimum absolute atomic E-state index is 0.00802. The van der Waals surface area contributed by atoms with Crippen molar-refractivity contribution < 1.29 is 23.8 Å². The molecule has 0 radical (unpaired) electrons. The molecular weight excluding hydrogens is 411 g/mol. The van der Waals surface area contributed by atoms with Gasteiger partial charge in [-0.25, -0.2) is 4.39 Å². The summed E-state index contributed by atoms with van der Waals surface area (Å²) in [4.78, 5) is 31.5. The van der Waals surface area contributed by atoms with Gasteiger partial charge in [-0.2, -0.15) is 0 Å². The first-order chi connectivity index (χ1) is 15.4. The maximum atomic E-state index is 14.3. The Kier molecular flexibility index (Phi) is 5.73. The third kappa shape index (κ3) is 3.85. The number of carbonyl (C=O) groups excluding carboxylic acids is 2. The molecule has 0 bridgehead atoms. The van der Waals surface area contributed by atoms with E-state index >= 15 is 0 Å². The van der Waals surface area contributed by atoms with Gasteiger partial charge in [0, 0.05) is 24.5 Å². The van der Waals surface area contributed by atoms with Gasteiger partial charge in [0.2, 0.25) is 0 Å². The number of aryl methyl sites for hydroxylation is 1. The third-order valence-corrected chi connectivity index (χ3v) is 5.43. The fourth-order valence-electron chi connectivity index (χ4n) is 3.80. The average Bonchev–Trinajstić information content (AvgIpc) is 3.04. The summed E-state index contributed by atoms with van der Waals surface area (Å²) in [6, 6.07) is 13.9. The van der Waals surface area contributed by atoms with Crippen molar-refractivity contribution in [1.82, 2.24) is 9.88 Å². The van der Waals surface area contributed by atoms with Gasteiger partial charge in [0.05, 0.1) is 18.7 Å². The topological polar surface area (TPSA) is 79.7 Å². The summed E-state index contributed by atoms with van der Waals surface area (Å²) >= 11 is 0. The molecule has 1 atom stereocenters. The van der Waals surface area contributed by atoms with Crippen molar-refractivity contribution in [3.05, 3.63) is 101 Å². The van der Waals surface area contributed by atoms with E-state index < -0.39 is 29.3 Å². The van der Waals surface area contributed by atoms with Gasteiger partial charge in [0.1, 0.15) is 5.76 Å². The first-order valence-electron chi connectivity index (χ1n) is 9.98. The lowest BCUT2D eigenvalue weighted by atomic mass is 9.94. The van der Waals surface area contributed by atoms with Crippen molar-refractivity contribution in [3.63, 3.8) is 0 Å². The van der Waals surface area contributed by atoms with Gasteiger partial charge in [-0.1, -0.05) is 35.9 Å². The van der Waals surface area contributed by atoms with Crippen LogP contribution < -0.4 is 4.74 Å². The van der Waals surface area contributed by atoms with Crippen LogP contribution in [0, 0.1) is 12.7 Å². The fourth-order valence-corrected chi connectivity index (χ4v) is 3.80. The van der Waals surface area contributed by atoms with E-state index in [9.17, 15) is 19.1 Å². The van der Waals surface area contributed by atoms with Crippen LogP contribution in [0.5, 0.6) is 5.75 Å². The molecule has 1 aliphatic rings. The Bertz CT molecular complexity index is 1210. The second-order valence-corrected chi connectivity index (χ2v) is 7.55. The van der Waals surface area contributed by atoms with Crippen molar-refractivity contribution in [2.45, 2.75) is 19.5 Å². The summed E-state index contributed by atoms with van der Waals surface area (Å²) in [6.45, 7) is 2.06. The van der Waals surface area contributed by atoms with E-state index in [1.54, 1.807) is 24.5 Å². The Morgan fingerprint density at radius 2 is 1.91 bits per heavy atom. The Labute approximate surface area is 184 Å². The highest BCUT2D eigenvalue weighted by Crippen LogP contribution is 2.40. The third-order valence-electron chi connectivity index (χ3n) is 5.43. The molecule has 2 heterocycles. The number of aromatic nitrogens is 1. The van der Waals surface area contributed by atoms with Crippen molar-refractivity contribution in [3.8, 4) is 5.75 Å². The van der Waals surface area contributed by atoms with Crippen LogP contribution in [0.25, 0.3) is 5.76 Å². The molecule has 32 heavy (non-hydrogen) atoms. The molecule has 1 amide bonds. The Morgan fingerprint density at radius 1 is 1.16 bits per heavy atom. The lowest BCUT2D eigenvalue weighted by Crippen LogP contribution is -2.29. The van der Waals surface area contributed by atoms with E-state index in [0.717, 1.165) is 17.2 Å². The number of Topliss-reactive ketones (excluding diaryl/α,β-unsaturated/α-hetero) is 1. The fraction of sp³-hybridized carbons (Fsp3) is 0.160. The van der Waals surface area contributed by atoms with Crippen molar-refractivity contribution >= 4 is 17.4 Å². The molecule has 6 nitrogen and oxygen atoms in total. The molecule has 1 aliphatic heterocycles. The molecular formula is C25H21FN2O4. The van der Waals surface area contributed by atoms with E-state index in [-0.39, 0.29) is 23.4 Å². The highest BCUT2D eigenvalue weighted by atomic mass is 19.1. The number of methoxy groups -OCH3 is 1. The lowest BCUT2D eigenvalue weighted by Gasteiger charge is -2.25. The molecule has 7 heteroatoms. The van der Waals surface area contributed by atoms with Gasteiger partial charge in [-0.05, 0) is 42.3 Å². The van der Waals surface area contributed by atoms with Crippen molar-refractivity contribution in [1.29, 1.82) is 0 Å². The van der Waals surface area contributed by atoms with Crippen LogP contribution in [-0.4, -0.2) is 33.8 Å². The Morgan fingerprint density at radius 3 is 2.53 bits per heavy atom.